The molecule has 2 unspecified atom stereocenters. The van der Waals surface area contributed by atoms with Gasteiger partial charge in [0, 0.05) is 13.3 Å². The first-order valence-electron chi connectivity index (χ1n) is 9.66. The zero-order valence-electron chi connectivity index (χ0n) is 16.4. The molecular formula is C21H35NO4. The summed E-state index contributed by atoms with van der Waals surface area (Å²) in [5.41, 5.74) is 0.731. The fourth-order valence-electron chi connectivity index (χ4n) is 3.26. The number of aliphatic hydroxyl groups is 3. The largest absolute Gasteiger partial charge is 0.394 e. The Morgan fingerprint density at radius 3 is 2.15 bits per heavy atom. The maximum atomic E-state index is 11.3. The van der Waals surface area contributed by atoms with Crippen molar-refractivity contribution >= 4 is 5.91 Å². The molecule has 0 aromatic heterocycles. The number of carbonyl (C=O) groups is 1. The maximum absolute atomic E-state index is 11.3. The third-order valence-electron chi connectivity index (χ3n) is 5.01. The Morgan fingerprint density at radius 2 is 1.65 bits per heavy atom. The first-order chi connectivity index (χ1) is 12.4. The van der Waals surface area contributed by atoms with E-state index in [0.717, 1.165) is 6.42 Å². The van der Waals surface area contributed by atoms with E-state index in [0.29, 0.717) is 11.5 Å². The van der Waals surface area contributed by atoms with Crippen LogP contribution < -0.4 is 5.32 Å². The molecule has 1 rings (SSSR count). The molecular weight excluding hydrogens is 330 g/mol. The van der Waals surface area contributed by atoms with Gasteiger partial charge in [-0.3, -0.25) is 4.79 Å². The molecule has 1 aromatic carbocycles. The van der Waals surface area contributed by atoms with Gasteiger partial charge in [-0.15, -0.1) is 0 Å². The van der Waals surface area contributed by atoms with Crippen LogP contribution in [0.2, 0.25) is 0 Å². The number of hydrogen-bond donors (Lipinski definition) is 4. The first-order valence-corrected chi connectivity index (χ1v) is 9.66. The van der Waals surface area contributed by atoms with Crippen molar-refractivity contribution in [1.82, 2.24) is 5.32 Å². The standard InChI is InChI=1S/C21H35NO4/c1-4-5-6-7-8-16(2)18-9-11-19(12-10-18)20(26)13-21(14-23,15-24)22-17(3)25/h9-12,16,20,23-24,26H,4-8,13-15H2,1-3H3,(H,22,25). The van der Waals surface area contributed by atoms with Crippen LogP contribution in [-0.2, 0) is 4.79 Å². The quantitative estimate of drug-likeness (QED) is 0.429. The lowest BCUT2D eigenvalue weighted by atomic mass is 9.89. The second kappa shape index (κ2) is 11.3. The van der Waals surface area contributed by atoms with Crippen LogP contribution in [0, 0.1) is 0 Å². The van der Waals surface area contributed by atoms with Crippen molar-refractivity contribution in [3.05, 3.63) is 35.4 Å². The SMILES string of the molecule is CCCCCCC(C)c1ccc(C(O)CC(CO)(CO)NC(C)=O)cc1. The Kier molecular flexibility index (Phi) is 9.84. The molecule has 26 heavy (non-hydrogen) atoms. The van der Waals surface area contributed by atoms with Crippen molar-refractivity contribution in [2.24, 2.45) is 0 Å². The van der Waals surface area contributed by atoms with E-state index in [2.05, 4.69) is 19.2 Å². The lowest BCUT2D eigenvalue weighted by Gasteiger charge is -2.32. The van der Waals surface area contributed by atoms with Gasteiger partial charge in [-0.05, 0) is 23.5 Å². The molecule has 1 amide bonds. The lowest BCUT2D eigenvalue weighted by molar-refractivity contribution is -0.122. The smallest absolute Gasteiger partial charge is 0.217 e. The van der Waals surface area contributed by atoms with Crippen molar-refractivity contribution in [2.75, 3.05) is 13.2 Å². The van der Waals surface area contributed by atoms with E-state index < -0.39 is 24.9 Å². The first kappa shape index (κ1) is 22.6. The fraction of sp³-hybridized carbons (Fsp3) is 0.667. The molecule has 0 aliphatic carbocycles. The van der Waals surface area contributed by atoms with Gasteiger partial charge >= 0.3 is 0 Å². The average molecular weight is 366 g/mol. The second-order valence-corrected chi connectivity index (χ2v) is 7.41. The highest BCUT2D eigenvalue weighted by molar-refractivity contribution is 5.73. The molecule has 1 aromatic rings. The summed E-state index contributed by atoms with van der Waals surface area (Å²) in [7, 11) is 0. The van der Waals surface area contributed by atoms with Gasteiger partial charge in [0.1, 0.15) is 0 Å². The number of nitrogens with one attached hydrogen (secondary N) is 1. The predicted octanol–water partition coefficient (Wildman–Crippen LogP) is 3.04. The van der Waals surface area contributed by atoms with Crippen molar-refractivity contribution in [2.45, 2.75) is 76.9 Å². The third kappa shape index (κ3) is 7.06. The molecule has 0 aliphatic heterocycles. The number of benzene rings is 1. The van der Waals surface area contributed by atoms with Gasteiger partial charge in [0.2, 0.25) is 5.91 Å². The molecule has 0 heterocycles. The van der Waals surface area contributed by atoms with Gasteiger partial charge < -0.3 is 20.6 Å². The number of rotatable bonds is 12. The fourth-order valence-corrected chi connectivity index (χ4v) is 3.26. The minimum atomic E-state index is -1.23. The maximum Gasteiger partial charge on any atom is 0.217 e. The van der Waals surface area contributed by atoms with E-state index in [9.17, 15) is 20.1 Å². The highest BCUT2D eigenvalue weighted by Gasteiger charge is 2.33. The second-order valence-electron chi connectivity index (χ2n) is 7.41. The van der Waals surface area contributed by atoms with E-state index >= 15 is 0 Å². The van der Waals surface area contributed by atoms with Crippen LogP contribution in [0.1, 0.15) is 82.4 Å². The van der Waals surface area contributed by atoms with Gasteiger partial charge in [-0.25, -0.2) is 0 Å². The van der Waals surface area contributed by atoms with Crippen molar-refractivity contribution in [1.29, 1.82) is 0 Å². The molecule has 2 atom stereocenters. The Hall–Kier alpha value is -1.43. The monoisotopic (exact) mass is 365 g/mol. The topological polar surface area (TPSA) is 89.8 Å². The van der Waals surface area contributed by atoms with Crippen LogP contribution in [0.4, 0.5) is 0 Å². The van der Waals surface area contributed by atoms with E-state index in [1.54, 1.807) is 0 Å². The van der Waals surface area contributed by atoms with Crippen LogP contribution in [0.5, 0.6) is 0 Å². The Balaban J connectivity index is 2.70. The van der Waals surface area contributed by atoms with Crippen LogP contribution in [0.25, 0.3) is 0 Å². The molecule has 4 N–H and O–H groups in total. The number of unbranched alkanes of at least 4 members (excludes halogenated alkanes) is 3. The summed E-state index contributed by atoms with van der Waals surface area (Å²) in [6.07, 6.45) is 5.34. The molecule has 0 saturated heterocycles. The van der Waals surface area contributed by atoms with Gasteiger partial charge in [-0.2, -0.15) is 0 Å². The summed E-state index contributed by atoms with van der Waals surface area (Å²) >= 11 is 0. The molecule has 0 radical (unpaired) electrons. The van der Waals surface area contributed by atoms with Crippen molar-refractivity contribution < 1.29 is 20.1 Å². The molecule has 0 fully saturated rings. The lowest BCUT2D eigenvalue weighted by Crippen LogP contribution is -2.54. The van der Waals surface area contributed by atoms with Crippen molar-refractivity contribution in [3.63, 3.8) is 0 Å². The van der Waals surface area contributed by atoms with Crippen LogP contribution in [0.3, 0.4) is 0 Å². The van der Waals surface area contributed by atoms with Gasteiger partial charge in [-0.1, -0.05) is 63.8 Å². The Morgan fingerprint density at radius 1 is 1.08 bits per heavy atom. The van der Waals surface area contributed by atoms with Crippen LogP contribution in [-0.4, -0.2) is 40.0 Å². The summed E-state index contributed by atoms with van der Waals surface area (Å²) in [6.45, 7) is 4.88. The highest BCUT2D eigenvalue weighted by Crippen LogP contribution is 2.27. The molecule has 5 heteroatoms. The number of carbonyl (C=O) groups excluding carboxylic acids is 1. The van der Waals surface area contributed by atoms with E-state index in [1.807, 2.05) is 24.3 Å². The van der Waals surface area contributed by atoms with Gasteiger partial charge in [0.15, 0.2) is 0 Å². The molecule has 0 bridgehead atoms. The molecule has 148 valence electrons. The van der Waals surface area contributed by atoms with Gasteiger partial charge in [0.25, 0.3) is 0 Å². The molecule has 0 saturated carbocycles. The predicted molar refractivity (Wildman–Crippen MR) is 104 cm³/mol. The van der Waals surface area contributed by atoms with E-state index in [-0.39, 0.29) is 12.3 Å². The van der Waals surface area contributed by atoms with Crippen LogP contribution in [0.15, 0.2) is 24.3 Å². The minimum Gasteiger partial charge on any atom is -0.394 e. The van der Waals surface area contributed by atoms with Crippen LogP contribution >= 0.6 is 0 Å². The summed E-state index contributed by atoms with van der Waals surface area (Å²) in [4.78, 5) is 11.3. The number of amides is 1. The zero-order valence-corrected chi connectivity index (χ0v) is 16.4. The normalized spacial score (nSPS) is 14.1. The van der Waals surface area contributed by atoms with Crippen molar-refractivity contribution in [3.8, 4) is 0 Å². The number of hydrogen-bond acceptors (Lipinski definition) is 4. The molecule has 0 aliphatic rings. The Labute approximate surface area is 157 Å². The summed E-state index contributed by atoms with van der Waals surface area (Å²) in [5, 5.41) is 32.2. The summed E-state index contributed by atoms with van der Waals surface area (Å²) < 4.78 is 0. The average Bonchev–Trinajstić information content (AvgIpc) is 2.64. The highest BCUT2D eigenvalue weighted by atomic mass is 16.3. The third-order valence-corrected chi connectivity index (χ3v) is 5.01. The number of aliphatic hydroxyl groups excluding tert-OH is 3. The summed E-state index contributed by atoms with van der Waals surface area (Å²) in [5.74, 6) is 0.124. The Bertz CT molecular complexity index is 525. The zero-order chi connectivity index (χ0) is 19.6. The van der Waals surface area contributed by atoms with E-state index in [4.69, 9.17) is 0 Å². The summed E-state index contributed by atoms with van der Waals surface area (Å²) in [6, 6.07) is 7.83. The minimum absolute atomic E-state index is 0.0471. The molecule has 5 nitrogen and oxygen atoms in total. The van der Waals surface area contributed by atoms with E-state index in [1.165, 1.54) is 38.2 Å². The molecule has 0 spiro atoms. The van der Waals surface area contributed by atoms with Gasteiger partial charge in [0.05, 0.1) is 24.9 Å².